The van der Waals surface area contributed by atoms with Crippen LogP contribution in [0.4, 0.5) is 16.3 Å². The molecule has 146 valence electrons. The van der Waals surface area contributed by atoms with Crippen LogP contribution < -0.4 is 5.32 Å². The summed E-state index contributed by atoms with van der Waals surface area (Å²) in [6.07, 6.45) is 1.74. The van der Waals surface area contributed by atoms with Gasteiger partial charge < -0.3 is 15.0 Å². The second-order valence-electron chi connectivity index (χ2n) is 6.45. The maximum absolute atomic E-state index is 12.4. The van der Waals surface area contributed by atoms with Gasteiger partial charge in [0.1, 0.15) is 18.6 Å². The Hall–Kier alpha value is -3.49. The Morgan fingerprint density at radius 2 is 1.89 bits per heavy atom. The fourth-order valence-electron chi connectivity index (χ4n) is 2.93. The zero-order chi connectivity index (χ0) is 19.9. The topological polar surface area (TPSA) is 115 Å². The van der Waals surface area contributed by atoms with Gasteiger partial charge in [0.15, 0.2) is 0 Å². The molecule has 0 aliphatic carbocycles. The lowest BCUT2D eigenvalue weighted by Gasteiger charge is -2.30. The van der Waals surface area contributed by atoms with E-state index in [0.717, 1.165) is 11.8 Å². The molecule has 2 amide bonds. The Labute approximate surface area is 161 Å². The summed E-state index contributed by atoms with van der Waals surface area (Å²) in [7, 11) is 0. The second-order valence-corrected chi connectivity index (χ2v) is 6.45. The van der Waals surface area contributed by atoms with Gasteiger partial charge in [-0.3, -0.25) is 14.9 Å². The number of ether oxygens (including phenoxy) is 1. The molecule has 0 spiro atoms. The van der Waals surface area contributed by atoms with Crippen molar-refractivity contribution in [3.63, 3.8) is 0 Å². The van der Waals surface area contributed by atoms with Gasteiger partial charge >= 0.3 is 6.09 Å². The molecule has 0 radical (unpaired) electrons. The first-order valence-electron chi connectivity index (χ1n) is 8.90. The van der Waals surface area contributed by atoms with Crippen LogP contribution in [-0.2, 0) is 16.1 Å². The third-order valence-electron chi connectivity index (χ3n) is 4.54. The number of piperidine rings is 1. The normalized spacial score (nSPS) is 14.4. The van der Waals surface area contributed by atoms with E-state index in [1.54, 1.807) is 4.90 Å². The third-order valence-corrected chi connectivity index (χ3v) is 4.54. The van der Waals surface area contributed by atoms with Gasteiger partial charge in [0, 0.05) is 25.1 Å². The van der Waals surface area contributed by atoms with Crippen LogP contribution in [-0.4, -0.2) is 39.9 Å². The second kappa shape index (κ2) is 8.94. The van der Waals surface area contributed by atoms with Crippen molar-refractivity contribution in [2.75, 3.05) is 18.4 Å². The number of aromatic nitrogens is 1. The van der Waals surface area contributed by atoms with Crippen LogP contribution in [0.3, 0.4) is 0 Å². The van der Waals surface area contributed by atoms with E-state index in [9.17, 15) is 19.7 Å². The highest BCUT2D eigenvalue weighted by Crippen LogP contribution is 2.20. The first-order valence-corrected chi connectivity index (χ1v) is 8.90. The molecule has 0 atom stereocenters. The van der Waals surface area contributed by atoms with Gasteiger partial charge in [0.05, 0.1) is 4.92 Å². The summed E-state index contributed by atoms with van der Waals surface area (Å²) >= 11 is 0. The summed E-state index contributed by atoms with van der Waals surface area (Å²) in [6, 6.07) is 12.1. The largest absolute Gasteiger partial charge is 0.445 e. The smallest absolute Gasteiger partial charge is 0.410 e. The van der Waals surface area contributed by atoms with Crippen molar-refractivity contribution in [1.82, 2.24) is 9.88 Å². The van der Waals surface area contributed by atoms with Crippen molar-refractivity contribution in [2.45, 2.75) is 19.4 Å². The number of benzene rings is 1. The lowest BCUT2D eigenvalue weighted by molar-refractivity contribution is -0.385. The number of likely N-dealkylation sites (tertiary alicyclic amines) is 1. The van der Waals surface area contributed by atoms with Gasteiger partial charge in [0.2, 0.25) is 5.91 Å². The molecule has 1 fully saturated rings. The summed E-state index contributed by atoms with van der Waals surface area (Å²) < 4.78 is 5.31. The fraction of sp³-hybridized carbons (Fsp3) is 0.316. The Bertz CT molecular complexity index is 833. The minimum atomic E-state index is -0.550. The Morgan fingerprint density at radius 3 is 2.50 bits per heavy atom. The molecule has 3 rings (SSSR count). The Kier molecular flexibility index (Phi) is 6.15. The van der Waals surface area contributed by atoms with Gasteiger partial charge in [0.25, 0.3) is 5.69 Å². The maximum atomic E-state index is 12.4. The molecule has 1 aromatic carbocycles. The number of amides is 2. The lowest BCUT2D eigenvalue weighted by atomic mass is 9.96. The van der Waals surface area contributed by atoms with Crippen molar-refractivity contribution in [3.05, 3.63) is 64.3 Å². The maximum Gasteiger partial charge on any atom is 0.410 e. The third kappa shape index (κ3) is 5.03. The average molecular weight is 384 g/mol. The summed E-state index contributed by atoms with van der Waals surface area (Å²) in [5.41, 5.74) is 0.779. The minimum Gasteiger partial charge on any atom is -0.445 e. The molecule has 0 saturated carbocycles. The molecule has 2 heterocycles. The predicted octanol–water partition coefficient (Wildman–Crippen LogP) is 2.98. The van der Waals surface area contributed by atoms with Crippen molar-refractivity contribution in [3.8, 4) is 0 Å². The van der Waals surface area contributed by atoms with Crippen LogP contribution in [0.2, 0.25) is 0 Å². The molecule has 1 aliphatic rings. The fourth-order valence-corrected chi connectivity index (χ4v) is 2.93. The lowest BCUT2D eigenvalue weighted by Crippen LogP contribution is -2.41. The summed E-state index contributed by atoms with van der Waals surface area (Å²) in [4.78, 5) is 40.1. The molecule has 2 aromatic rings. The van der Waals surface area contributed by atoms with Crippen molar-refractivity contribution < 1.29 is 19.2 Å². The van der Waals surface area contributed by atoms with Gasteiger partial charge in [-0.2, -0.15) is 0 Å². The number of carbonyl (C=O) groups excluding carboxylic acids is 2. The number of anilines is 1. The van der Waals surface area contributed by atoms with E-state index >= 15 is 0 Å². The zero-order valence-corrected chi connectivity index (χ0v) is 15.1. The van der Waals surface area contributed by atoms with E-state index in [1.807, 2.05) is 30.3 Å². The van der Waals surface area contributed by atoms with Gasteiger partial charge in [-0.15, -0.1) is 0 Å². The molecule has 1 saturated heterocycles. The van der Waals surface area contributed by atoms with Crippen LogP contribution in [0, 0.1) is 16.0 Å². The van der Waals surface area contributed by atoms with Crippen LogP contribution >= 0.6 is 0 Å². The molecule has 9 nitrogen and oxygen atoms in total. The van der Waals surface area contributed by atoms with Gasteiger partial charge in [-0.1, -0.05) is 30.3 Å². The number of hydrogen-bond donors (Lipinski definition) is 1. The van der Waals surface area contributed by atoms with E-state index in [4.69, 9.17) is 4.74 Å². The number of pyridine rings is 1. The first-order chi connectivity index (χ1) is 13.5. The molecule has 1 aliphatic heterocycles. The number of carbonyl (C=O) groups is 2. The molecule has 1 N–H and O–H groups in total. The highest BCUT2D eigenvalue weighted by atomic mass is 16.6. The highest BCUT2D eigenvalue weighted by molar-refractivity contribution is 5.91. The highest BCUT2D eigenvalue weighted by Gasteiger charge is 2.28. The van der Waals surface area contributed by atoms with Crippen molar-refractivity contribution in [1.29, 1.82) is 0 Å². The number of rotatable bonds is 5. The molecular weight excluding hydrogens is 364 g/mol. The standard InChI is InChI=1S/C19H20N4O5/c24-18(21-17-7-6-16(12-20-17)23(26)27)15-8-10-22(11-9-15)19(25)28-13-14-4-2-1-3-5-14/h1-7,12,15H,8-11,13H2,(H,20,21,24). The summed E-state index contributed by atoms with van der Waals surface area (Å²) in [6.45, 7) is 1.07. The van der Waals surface area contributed by atoms with Crippen LogP contribution in [0.15, 0.2) is 48.7 Å². The van der Waals surface area contributed by atoms with Gasteiger partial charge in [-0.25, -0.2) is 9.78 Å². The Morgan fingerprint density at radius 1 is 1.18 bits per heavy atom. The quantitative estimate of drug-likeness (QED) is 0.626. The minimum absolute atomic E-state index is 0.139. The zero-order valence-electron chi connectivity index (χ0n) is 15.1. The molecular formula is C19H20N4O5. The summed E-state index contributed by atoms with van der Waals surface area (Å²) in [5, 5.41) is 13.3. The van der Waals surface area contributed by atoms with Crippen molar-refractivity contribution >= 4 is 23.5 Å². The van der Waals surface area contributed by atoms with Crippen LogP contribution in [0.1, 0.15) is 18.4 Å². The van der Waals surface area contributed by atoms with Gasteiger partial charge in [-0.05, 0) is 24.5 Å². The van der Waals surface area contributed by atoms with E-state index < -0.39 is 4.92 Å². The molecule has 0 bridgehead atoms. The number of hydrogen-bond acceptors (Lipinski definition) is 6. The Balaban J connectivity index is 1.44. The number of nitrogens with zero attached hydrogens (tertiary/aromatic N) is 3. The predicted molar refractivity (Wildman–Crippen MR) is 100 cm³/mol. The number of nitrogens with one attached hydrogen (secondary N) is 1. The van der Waals surface area contributed by atoms with E-state index in [-0.39, 0.29) is 36.0 Å². The molecule has 28 heavy (non-hydrogen) atoms. The molecule has 0 unspecified atom stereocenters. The van der Waals surface area contributed by atoms with Crippen molar-refractivity contribution in [2.24, 2.45) is 5.92 Å². The average Bonchev–Trinajstić information content (AvgIpc) is 2.73. The summed E-state index contributed by atoms with van der Waals surface area (Å²) in [5.74, 6) is -0.200. The molecule has 1 aromatic heterocycles. The van der Waals surface area contributed by atoms with Crippen LogP contribution in [0.5, 0.6) is 0 Å². The van der Waals surface area contributed by atoms with E-state index in [1.165, 1.54) is 12.1 Å². The van der Waals surface area contributed by atoms with Crippen LogP contribution in [0.25, 0.3) is 0 Å². The number of nitro groups is 1. The van der Waals surface area contributed by atoms with E-state index in [2.05, 4.69) is 10.3 Å². The van der Waals surface area contributed by atoms with E-state index in [0.29, 0.717) is 25.9 Å². The SMILES string of the molecule is O=C(Nc1ccc([N+](=O)[O-])cn1)C1CCN(C(=O)OCc2ccccc2)CC1. The molecule has 9 heteroatoms. The monoisotopic (exact) mass is 384 g/mol. The first kappa shape index (κ1) is 19.3.